The molecule has 0 saturated heterocycles. The van der Waals surface area contributed by atoms with Crippen molar-refractivity contribution in [1.29, 1.82) is 0 Å². The van der Waals surface area contributed by atoms with Crippen LogP contribution in [0.2, 0.25) is 0 Å². The highest BCUT2D eigenvalue weighted by molar-refractivity contribution is 5.76. The predicted molar refractivity (Wildman–Crippen MR) is 259 cm³/mol. The number of aliphatic hydroxyl groups excluding tert-OH is 2. The van der Waals surface area contributed by atoms with Crippen LogP contribution < -0.4 is 5.32 Å². The summed E-state index contributed by atoms with van der Waals surface area (Å²) in [6, 6.07) is -0.633. The Labute approximate surface area is 373 Å². The first-order chi connectivity index (χ1) is 29.5. The monoisotopic (exact) mass is 844 g/mol. The summed E-state index contributed by atoms with van der Waals surface area (Å²) in [6.07, 6.45) is 60.0. The average Bonchev–Trinajstić information content (AvgIpc) is 3.25. The molecule has 0 aliphatic carbocycles. The lowest BCUT2D eigenvalue weighted by Crippen LogP contribution is -2.45. The van der Waals surface area contributed by atoms with Crippen LogP contribution >= 0.6 is 0 Å². The minimum Gasteiger partial charge on any atom is -0.466 e. The van der Waals surface area contributed by atoms with E-state index >= 15 is 0 Å². The third-order valence-electron chi connectivity index (χ3n) is 11.9. The molecule has 0 radical (unpaired) electrons. The van der Waals surface area contributed by atoms with Gasteiger partial charge in [-0.05, 0) is 57.8 Å². The fourth-order valence-corrected chi connectivity index (χ4v) is 7.83. The third-order valence-corrected chi connectivity index (χ3v) is 11.9. The number of hydrogen-bond donors (Lipinski definition) is 3. The van der Waals surface area contributed by atoms with Gasteiger partial charge in [-0.3, -0.25) is 9.59 Å². The summed E-state index contributed by atoms with van der Waals surface area (Å²) in [6.45, 7) is 4.83. The molecule has 6 nitrogen and oxygen atoms in total. The molecule has 0 saturated carbocycles. The zero-order valence-corrected chi connectivity index (χ0v) is 39.9. The molecular weight excluding hydrogens is 743 g/mol. The Morgan fingerprint density at radius 1 is 0.467 bits per heavy atom. The molecule has 0 aliphatic rings. The van der Waals surface area contributed by atoms with E-state index in [0.29, 0.717) is 19.4 Å². The van der Waals surface area contributed by atoms with Crippen molar-refractivity contribution >= 4 is 11.9 Å². The average molecular weight is 844 g/mol. The number of hydrogen-bond acceptors (Lipinski definition) is 5. The molecule has 0 heterocycles. The summed E-state index contributed by atoms with van der Waals surface area (Å²) < 4.78 is 5.46. The summed E-state index contributed by atoms with van der Waals surface area (Å²) >= 11 is 0. The van der Waals surface area contributed by atoms with Crippen LogP contribution in [-0.2, 0) is 14.3 Å². The van der Waals surface area contributed by atoms with E-state index in [1.165, 1.54) is 186 Å². The molecule has 3 N–H and O–H groups in total. The number of unbranched alkanes of at least 4 members (excludes halogenated alkanes) is 33. The number of nitrogens with one attached hydrogen (secondary N) is 1. The first-order valence-corrected chi connectivity index (χ1v) is 26.3. The number of esters is 1. The van der Waals surface area contributed by atoms with E-state index in [0.717, 1.165) is 57.8 Å². The standard InChI is InChI=1S/C54H101NO5/c1-3-5-7-9-11-13-15-17-24-28-32-36-40-44-48-54(59)60-49-45-41-37-33-29-25-21-19-18-20-23-27-31-35-39-43-47-53(58)55-51(50-56)52(57)46-42-38-34-30-26-22-16-14-12-10-8-6-4-2/h9,11,15,17,42,46,51-52,56-57H,3-8,10,12-14,16,18-41,43-45,47-50H2,1-2H3,(H,55,58)/b11-9-,17-15-,46-42+. The molecule has 0 rings (SSSR count). The van der Waals surface area contributed by atoms with Crippen LogP contribution in [0, 0.1) is 0 Å². The summed E-state index contributed by atoms with van der Waals surface area (Å²) in [5.74, 6) is -0.0892. The van der Waals surface area contributed by atoms with Crippen LogP contribution in [0.15, 0.2) is 36.5 Å². The topological polar surface area (TPSA) is 95.9 Å². The largest absolute Gasteiger partial charge is 0.466 e. The second-order valence-corrected chi connectivity index (χ2v) is 17.9. The summed E-state index contributed by atoms with van der Waals surface area (Å²) in [5, 5.41) is 23.0. The van der Waals surface area contributed by atoms with Gasteiger partial charge >= 0.3 is 5.97 Å². The van der Waals surface area contributed by atoms with Crippen molar-refractivity contribution in [3.63, 3.8) is 0 Å². The van der Waals surface area contributed by atoms with Gasteiger partial charge in [0.1, 0.15) is 0 Å². The smallest absolute Gasteiger partial charge is 0.305 e. The van der Waals surface area contributed by atoms with Crippen molar-refractivity contribution in [3.05, 3.63) is 36.5 Å². The van der Waals surface area contributed by atoms with Crippen LogP contribution in [0.5, 0.6) is 0 Å². The van der Waals surface area contributed by atoms with Crippen LogP contribution in [0.1, 0.15) is 271 Å². The van der Waals surface area contributed by atoms with Crippen LogP contribution in [-0.4, -0.2) is 47.4 Å². The molecule has 0 spiro atoms. The molecular formula is C54H101NO5. The molecule has 0 aromatic rings. The van der Waals surface area contributed by atoms with Gasteiger partial charge in [-0.1, -0.05) is 237 Å². The third kappa shape index (κ3) is 45.6. The number of aliphatic hydroxyl groups is 2. The Kier molecular flexibility index (Phi) is 48.1. The Bertz CT molecular complexity index is 977. The molecule has 0 aromatic carbocycles. The van der Waals surface area contributed by atoms with Gasteiger partial charge in [0.25, 0.3) is 0 Å². The van der Waals surface area contributed by atoms with E-state index in [1.807, 2.05) is 6.08 Å². The van der Waals surface area contributed by atoms with Gasteiger partial charge in [-0.25, -0.2) is 0 Å². The fraction of sp³-hybridized carbons (Fsp3) is 0.852. The number of carbonyl (C=O) groups is 2. The van der Waals surface area contributed by atoms with Crippen LogP contribution in [0.25, 0.3) is 0 Å². The number of ether oxygens (including phenoxy) is 1. The van der Waals surface area contributed by atoms with Crippen LogP contribution in [0.4, 0.5) is 0 Å². The lowest BCUT2D eigenvalue weighted by atomic mass is 10.0. The first-order valence-electron chi connectivity index (χ1n) is 26.3. The van der Waals surface area contributed by atoms with Gasteiger partial charge in [0.2, 0.25) is 5.91 Å². The zero-order valence-electron chi connectivity index (χ0n) is 39.9. The molecule has 0 fully saturated rings. The second kappa shape index (κ2) is 49.7. The lowest BCUT2D eigenvalue weighted by Gasteiger charge is -2.20. The van der Waals surface area contributed by atoms with E-state index in [2.05, 4.69) is 43.5 Å². The molecule has 352 valence electrons. The summed E-state index contributed by atoms with van der Waals surface area (Å²) in [4.78, 5) is 24.4. The van der Waals surface area contributed by atoms with Gasteiger partial charge in [0.05, 0.1) is 25.4 Å². The molecule has 0 bridgehead atoms. The molecule has 6 heteroatoms. The minimum absolute atomic E-state index is 0.0131. The lowest BCUT2D eigenvalue weighted by molar-refractivity contribution is -0.143. The maximum atomic E-state index is 12.4. The molecule has 2 unspecified atom stereocenters. The van der Waals surface area contributed by atoms with E-state index < -0.39 is 12.1 Å². The Balaban J connectivity index is 3.46. The first kappa shape index (κ1) is 58.1. The van der Waals surface area contributed by atoms with Gasteiger partial charge in [0.15, 0.2) is 0 Å². The van der Waals surface area contributed by atoms with Crippen molar-refractivity contribution in [1.82, 2.24) is 5.32 Å². The molecule has 2 atom stereocenters. The predicted octanol–water partition coefficient (Wildman–Crippen LogP) is 15.7. The number of carbonyl (C=O) groups excluding carboxylic acids is 2. The number of rotatable bonds is 48. The fourth-order valence-electron chi connectivity index (χ4n) is 7.83. The van der Waals surface area contributed by atoms with Crippen molar-refractivity contribution < 1.29 is 24.5 Å². The quantitative estimate of drug-likeness (QED) is 0.0322. The molecule has 60 heavy (non-hydrogen) atoms. The minimum atomic E-state index is -0.849. The van der Waals surface area contributed by atoms with E-state index in [4.69, 9.17) is 4.74 Å². The summed E-state index contributed by atoms with van der Waals surface area (Å²) in [7, 11) is 0. The SMILES string of the molecule is CCCC/C=C\C/C=C\CCCCCCCC(=O)OCCCCCCCCCCCCCCCCCCC(=O)NC(CO)C(O)/C=C/CCCCCCCCCCCCC. The van der Waals surface area contributed by atoms with Gasteiger partial charge in [0, 0.05) is 12.8 Å². The van der Waals surface area contributed by atoms with Crippen LogP contribution in [0.3, 0.4) is 0 Å². The van der Waals surface area contributed by atoms with E-state index in [-0.39, 0.29) is 18.5 Å². The van der Waals surface area contributed by atoms with Crippen molar-refractivity contribution in [3.8, 4) is 0 Å². The maximum absolute atomic E-state index is 12.4. The normalized spacial score (nSPS) is 12.9. The Morgan fingerprint density at radius 2 is 0.850 bits per heavy atom. The van der Waals surface area contributed by atoms with Crippen molar-refractivity contribution in [2.75, 3.05) is 13.2 Å². The molecule has 1 amide bonds. The van der Waals surface area contributed by atoms with Crippen molar-refractivity contribution in [2.24, 2.45) is 0 Å². The Hall–Kier alpha value is -1.92. The van der Waals surface area contributed by atoms with Gasteiger partial charge < -0.3 is 20.3 Å². The van der Waals surface area contributed by atoms with Gasteiger partial charge in [-0.2, -0.15) is 0 Å². The van der Waals surface area contributed by atoms with E-state index in [9.17, 15) is 19.8 Å². The number of allylic oxidation sites excluding steroid dienone is 5. The molecule has 0 aromatic heterocycles. The van der Waals surface area contributed by atoms with E-state index in [1.54, 1.807) is 6.08 Å². The second-order valence-electron chi connectivity index (χ2n) is 17.9. The zero-order chi connectivity index (χ0) is 43.7. The number of amides is 1. The highest BCUT2D eigenvalue weighted by atomic mass is 16.5. The Morgan fingerprint density at radius 3 is 1.32 bits per heavy atom. The maximum Gasteiger partial charge on any atom is 0.305 e. The molecule has 0 aliphatic heterocycles. The highest BCUT2D eigenvalue weighted by Gasteiger charge is 2.18. The summed E-state index contributed by atoms with van der Waals surface area (Å²) in [5.41, 5.74) is 0. The highest BCUT2D eigenvalue weighted by Crippen LogP contribution is 2.16. The van der Waals surface area contributed by atoms with Gasteiger partial charge in [-0.15, -0.1) is 0 Å². The van der Waals surface area contributed by atoms with Crippen molar-refractivity contribution in [2.45, 2.75) is 283 Å².